The molecule has 12 aromatic rings. The molecule has 3 amide bonds. The Labute approximate surface area is 787 Å². The number of aromatic nitrogens is 15. The number of anilines is 5. The van der Waals surface area contributed by atoms with E-state index in [1.54, 1.807) is 93.8 Å². The van der Waals surface area contributed by atoms with Crippen LogP contribution in [0.5, 0.6) is 0 Å². The van der Waals surface area contributed by atoms with Gasteiger partial charge in [-0.05, 0) is 149 Å². The Morgan fingerprint density at radius 1 is 0.470 bits per heavy atom. The minimum atomic E-state index is -0.606. The Balaban J connectivity index is 0.000000146. The van der Waals surface area contributed by atoms with Gasteiger partial charge in [0.15, 0.2) is 16.9 Å². The van der Waals surface area contributed by atoms with Crippen LogP contribution >= 0.6 is 34.8 Å². The lowest BCUT2D eigenvalue weighted by Crippen LogP contribution is -2.60. The highest BCUT2D eigenvalue weighted by Crippen LogP contribution is 2.49. The van der Waals surface area contributed by atoms with E-state index >= 15 is 13.2 Å². The van der Waals surface area contributed by atoms with Crippen LogP contribution < -0.4 is 42.4 Å². The standard InChI is InChI=1S/C34H38ClFN8O2.C33H30ClFN8O2.C31H34ClFN8O2/c1-7-26(45)42-15-16-43(21(6)18-42)31-23-17-24(35)29(22-11-8-9-12-25(22)36)37-32(23)44(34(46)40-31)30-27(19(2)3)38-33(41-13-10-14-41)39-28(30)20(4)5;1-4-26(44)42-15-18(2)41(16-21(42)14-36-3)31-23-13-24(34)29(22-7-5-6-8-25(22)35)39-32(23)43(33(45)40-31)30-27(19-9-10-19)37-17-38-28(30)20-11-12-20;1-7-23(42)39-12-13-40(18(6)15-39)28-20-14-21(32)26(19-10-8-9-11-22(19)33)35-29(20)41(31(43)38-28)27-24(16(2)3)36-30(34)37-25(27)17(4)5/h7-9,11-12,17,19-21H,1,10,13-16,18H2,2-6H3;4-8,13,17-21H,1,9-12,14-16H2,2H3;7-11,14,16-18H,1,12-13,15H2,2-6H3,(H2,34,36,37)/t21-;18-,21-;18-/m000/s1. The number of nitrogen functional groups attached to an aromatic ring is 1. The Kier molecular flexibility index (Phi) is 27.0. The highest BCUT2D eigenvalue weighted by Gasteiger charge is 2.42. The molecule has 0 spiro atoms. The van der Waals surface area contributed by atoms with E-state index < -0.39 is 40.6 Å². The molecule has 30 nitrogen and oxygen atoms in total. The van der Waals surface area contributed by atoms with E-state index in [4.69, 9.17) is 72.0 Å². The zero-order chi connectivity index (χ0) is 95.4. The molecular formula is C98H102Cl3F3N24O6. The number of nitrogens with zero attached hydrogens (tertiary/aromatic N) is 23. The highest BCUT2D eigenvalue weighted by atomic mass is 35.5. The lowest BCUT2D eigenvalue weighted by molar-refractivity contribution is -0.129. The maximum Gasteiger partial charge on any atom is 0.355 e. The van der Waals surface area contributed by atoms with E-state index in [0.717, 1.165) is 56.6 Å². The minimum absolute atomic E-state index is 0.0639. The lowest BCUT2D eigenvalue weighted by atomic mass is 10.0. The largest absolute Gasteiger partial charge is 0.368 e. The number of benzene rings is 3. The van der Waals surface area contributed by atoms with Gasteiger partial charge in [0.05, 0.1) is 99.5 Å². The summed E-state index contributed by atoms with van der Waals surface area (Å²) in [5.41, 5.74) is 12.0. The fourth-order valence-corrected chi connectivity index (χ4v) is 18.7. The molecule has 0 unspecified atom stereocenters. The first-order valence-electron chi connectivity index (χ1n) is 45.0. The number of pyridine rings is 3. The topological polar surface area (TPSA) is 325 Å². The summed E-state index contributed by atoms with van der Waals surface area (Å²) in [7, 11) is 0. The summed E-state index contributed by atoms with van der Waals surface area (Å²) >= 11 is 20.5. The van der Waals surface area contributed by atoms with E-state index in [0.29, 0.717) is 125 Å². The van der Waals surface area contributed by atoms with Crippen LogP contribution in [-0.4, -0.2) is 202 Å². The third kappa shape index (κ3) is 18.1. The number of piperazine rings is 3. The molecule has 9 aromatic heterocycles. The molecule has 4 saturated heterocycles. The molecule has 6 aliphatic rings. The third-order valence-electron chi connectivity index (χ3n) is 25.1. The van der Waals surface area contributed by atoms with E-state index in [1.165, 1.54) is 50.1 Å². The number of amides is 3. The number of hydrogen-bond donors (Lipinski definition) is 1. The summed E-state index contributed by atoms with van der Waals surface area (Å²) < 4.78 is 49.7. The number of carbonyl (C=O) groups is 3. The summed E-state index contributed by atoms with van der Waals surface area (Å²) in [5.74, 6) is -0.178. The van der Waals surface area contributed by atoms with E-state index in [2.05, 4.69) is 64.4 Å². The maximum atomic E-state index is 15.2. The molecule has 4 atom stereocenters. The highest BCUT2D eigenvalue weighted by molar-refractivity contribution is 6.35. The number of halogens is 6. The number of carbonyl (C=O) groups excluding carboxylic acids is 3. The molecule has 134 heavy (non-hydrogen) atoms. The van der Waals surface area contributed by atoms with Crippen molar-refractivity contribution < 1.29 is 27.6 Å². The molecule has 0 radical (unpaired) electrons. The van der Waals surface area contributed by atoms with Gasteiger partial charge in [-0.1, -0.05) is 146 Å². The van der Waals surface area contributed by atoms with Crippen LogP contribution in [0.1, 0.15) is 178 Å². The predicted molar refractivity (Wildman–Crippen MR) is 516 cm³/mol. The molecule has 2 N–H and O–H groups in total. The van der Waals surface area contributed by atoms with Crippen molar-refractivity contribution in [2.45, 2.75) is 168 Å². The van der Waals surface area contributed by atoms with Gasteiger partial charge in [-0.15, -0.1) is 0 Å². The Morgan fingerprint density at radius 3 is 1.15 bits per heavy atom. The average Bonchev–Trinajstić information content (AvgIpc) is 1.11. The van der Waals surface area contributed by atoms with Crippen LogP contribution in [0.15, 0.2) is 150 Å². The van der Waals surface area contributed by atoms with Crippen molar-refractivity contribution >= 4 is 115 Å². The number of nitrogens with two attached hydrogens (primary N) is 1. The van der Waals surface area contributed by atoms with Crippen molar-refractivity contribution in [1.82, 2.24) is 88.2 Å². The van der Waals surface area contributed by atoms with Crippen LogP contribution in [0.25, 0.3) is 88.8 Å². The summed E-state index contributed by atoms with van der Waals surface area (Å²) in [6.45, 7) is 45.0. The van der Waals surface area contributed by atoms with Gasteiger partial charge >= 0.3 is 17.1 Å². The molecule has 2 aliphatic carbocycles. The fourth-order valence-electron chi connectivity index (χ4n) is 17.9. The number of hydrogen-bond acceptors (Lipinski definition) is 23. The van der Waals surface area contributed by atoms with E-state index in [-0.39, 0.29) is 156 Å². The van der Waals surface area contributed by atoms with E-state index in [9.17, 15) is 28.8 Å². The minimum Gasteiger partial charge on any atom is -0.368 e. The van der Waals surface area contributed by atoms with Crippen LogP contribution in [0, 0.1) is 24.0 Å². The number of rotatable bonds is 20. The SMILES string of the molecule is C=CC(=O)N1CCN(c2nc(=O)n(-c3c(C(C)C)nc(N)nc3C(C)C)c3nc(-c4ccccc4F)c(Cl)cc23)[C@@H](C)C1.C=CC(=O)N1CCN(c2nc(=O)n(-c3c(C(C)C)nc(N4CCC4)nc3C(C)C)c3nc(-c4ccccc4F)c(Cl)cc23)[C@@H](C)C1.[C-]#[N+]C[C@H]1CN(c2nc(=O)n(-c3c(C4CC4)ncnc3C3CC3)c3nc(-c4ccccc4F)c(Cl)cc23)[C@@H](C)CN1C(=O)C=C. The zero-order valence-electron chi connectivity index (χ0n) is 76.3. The van der Waals surface area contributed by atoms with E-state index in [1.807, 2.05) is 90.9 Å². The first-order valence-corrected chi connectivity index (χ1v) is 46.1. The van der Waals surface area contributed by atoms with Gasteiger partial charge in [0.2, 0.25) is 36.2 Å². The van der Waals surface area contributed by atoms with Crippen molar-refractivity contribution in [2.24, 2.45) is 0 Å². The summed E-state index contributed by atoms with van der Waals surface area (Å²) in [6.07, 6.45) is 10.3. The van der Waals surface area contributed by atoms with Crippen molar-refractivity contribution in [3.8, 4) is 50.8 Å². The zero-order valence-corrected chi connectivity index (χ0v) is 78.5. The second-order valence-corrected chi connectivity index (χ2v) is 37.0. The van der Waals surface area contributed by atoms with Crippen molar-refractivity contribution in [2.75, 3.05) is 97.3 Å². The first-order chi connectivity index (χ1) is 64.2. The molecule has 6 fully saturated rings. The Morgan fingerprint density at radius 2 is 0.821 bits per heavy atom. The molecule has 4 aliphatic heterocycles. The summed E-state index contributed by atoms with van der Waals surface area (Å²) in [6, 6.07) is 22.7. The molecular weight excluding hydrogens is 1770 g/mol. The van der Waals surface area contributed by atoms with Gasteiger partial charge in [0.25, 0.3) is 0 Å². The monoisotopic (exact) mass is 1870 g/mol. The molecule has 36 heteroatoms. The molecule has 3 aromatic carbocycles. The van der Waals surface area contributed by atoms with Gasteiger partial charge < -0.3 is 44.9 Å². The maximum absolute atomic E-state index is 15.2. The summed E-state index contributed by atoms with van der Waals surface area (Å²) in [5, 5.41) is 2.11. The van der Waals surface area contributed by atoms with Crippen molar-refractivity contribution in [3.05, 3.63) is 245 Å². The first kappa shape index (κ1) is 93.8. The quantitative estimate of drug-likeness (QED) is 0.0547. The van der Waals surface area contributed by atoms with Crippen LogP contribution in [-0.2, 0) is 14.4 Å². The average molecular weight is 1880 g/mol. The molecule has 18 rings (SSSR count). The predicted octanol–water partition coefficient (Wildman–Crippen LogP) is 16.1. The molecule has 692 valence electrons. The Bertz CT molecular complexity index is 6880. The molecule has 0 bridgehead atoms. The number of fused-ring (bicyclic) bond motifs is 3. The van der Waals surface area contributed by atoms with Crippen LogP contribution in [0.3, 0.4) is 0 Å². The van der Waals surface area contributed by atoms with Gasteiger partial charge in [-0.25, -0.2) is 92.7 Å². The fraction of sp³-hybridized carbons (Fsp3) is 0.378. The Hall–Kier alpha value is -13.5. The lowest BCUT2D eigenvalue weighted by Gasteiger charge is -2.44. The van der Waals surface area contributed by atoms with Gasteiger partial charge in [0, 0.05) is 112 Å². The van der Waals surface area contributed by atoms with Gasteiger partial charge in [-0.3, -0.25) is 14.4 Å². The molecule has 2 saturated carbocycles. The van der Waals surface area contributed by atoms with Crippen molar-refractivity contribution in [3.63, 3.8) is 0 Å². The van der Waals surface area contributed by atoms with Crippen molar-refractivity contribution in [1.29, 1.82) is 0 Å². The third-order valence-corrected chi connectivity index (χ3v) is 26.0. The smallest absolute Gasteiger partial charge is 0.355 e. The normalized spacial score (nSPS) is 17.4. The van der Waals surface area contributed by atoms with Crippen LogP contribution in [0.2, 0.25) is 15.1 Å². The molecule has 13 heterocycles. The van der Waals surface area contributed by atoms with Gasteiger partial charge in [0.1, 0.15) is 47.3 Å². The van der Waals surface area contributed by atoms with Crippen LogP contribution in [0.4, 0.5) is 42.5 Å². The van der Waals surface area contributed by atoms with Gasteiger partial charge in [-0.2, -0.15) is 15.0 Å². The second kappa shape index (κ2) is 38.6. The summed E-state index contributed by atoms with van der Waals surface area (Å²) in [4.78, 5) is 154. The second-order valence-electron chi connectivity index (χ2n) is 35.8.